The maximum Gasteiger partial charge on any atom is 0.327 e. The van der Waals surface area contributed by atoms with Crippen LogP contribution in [0, 0.1) is 39.9 Å². The van der Waals surface area contributed by atoms with Crippen molar-refractivity contribution in [2.24, 2.45) is 28.6 Å². The third-order valence-corrected chi connectivity index (χ3v) is 5.89. The highest BCUT2D eigenvalue weighted by Gasteiger charge is 2.71. The van der Waals surface area contributed by atoms with Gasteiger partial charge < -0.3 is 9.47 Å². The minimum atomic E-state index is -1.08. The number of rotatable bonds is 3. The molecule has 3 fully saturated rings. The summed E-state index contributed by atoms with van der Waals surface area (Å²) >= 11 is 0. The summed E-state index contributed by atoms with van der Waals surface area (Å²) in [7, 11) is 0. The Morgan fingerprint density at radius 1 is 1.48 bits per heavy atom. The van der Waals surface area contributed by atoms with Crippen LogP contribution in [0.3, 0.4) is 0 Å². The minimum absolute atomic E-state index is 0.0193. The summed E-state index contributed by atoms with van der Waals surface area (Å²) in [5.41, 5.74) is -1.61. The average molecular weight is 291 g/mol. The van der Waals surface area contributed by atoms with Crippen molar-refractivity contribution < 1.29 is 19.1 Å². The molecule has 1 aliphatic heterocycles. The van der Waals surface area contributed by atoms with Gasteiger partial charge in [-0.2, -0.15) is 5.26 Å². The lowest BCUT2D eigenvalue weighted by atomic mass is 9.67. The van der Waals surface area contributed by atoms with Gasteiger partial charge in [0, 0.05) is 11.8 Å². The summed E-state index contributed by atoms with van der Waals surface area (Å²) in [6, 6.07) is 2.21. The molecule has 0 aromatic heterocycles. The van der Waals surface area contributed by atoms with Crippen LogP contribution >= 0.6 is 0 Å². The molecule has 0 aromatic rings. The van der Waals surface area contributed by atoms with Crippen molar-refractivity contribution in [3.05, 3.63) is 0 Å². The minimum Gasteiger partial charge on any atom is -0.464 e. The third kappa shape index (κ3) is 1.74. The molecule has 5 atom stereocenters. The number of nitriles is 1. The number of hydrogen-bond acceptors (Lipinski definition) is 5. The van der Waals surface area contributed by atoms with Crippen molar-refractivity contribution in [2.45, 2.75) is 46.1 Å². The molecule has 2 bridgehead atoms. The van der Waals surface area contributed by atoms with E-state index in [4.69, 9.17) is 9.47 Å². The van der Waals surface area contributed by atoms with Gasteiger partial charge in [0.2, 0.25) is 0 Å². The lowest BCUT2D eigenvalue weighted by Gasteiger charge is -2.35. The molecule has 2 aliphatic carbocycles. The number of esters is 2. The monoisotopic (exact) mass is 291 g/mol. The van der Waals surface area contributed by atoms with Crippen LogP contribution in [0.15, 0.2) is 0 Å². The number of ether oxygens (including phenoxy) is 2. The Morgan fingerprint density at radius 3 is 2.81 bits per heavy atom. The number of carbonyl (C=O) groups is 2. The fourth-order valence-corrected chi connectivity index (χ4v) is 4.13. The van der Waals surface area contributed by atoms with Gasteiger partial charge in [0.25, 0.3) is 0 Å². The van der Waals surface area contributed by atoms with E-state index in [0.717, 1.165) is 12.8 Å². The first-order chi connectivity index (χ1) is 9.86. The summed E-state index contributed by atoms with van der Waals surface area (Å²) in [5, 5.41) is 9.59. The number of cyclic esters (lactones) is 1. The van der Waals surface area contributed by atoms with Crippen LogP contribution in [0.25, 0.3) is 0 Å². The first kappa shape index (κ1) is 14.4. The van der Waals surface area contributed by atoms with E-state index in [1.165, 1.54) is 0 Å². The van der Waals surface area contributed by atoms with Gasteiger partial charge in [0.05, 0.1) is 18.1 Å². The Kier molecular flexibility index (Phi) is 3.05. The third-order valence-electron chi connectivity index (χ3n) is 5.89. The molecule has 21 heavy (non-hydrogen) atoms. The average Bonchev–Trinajstić information content (AvgIpc) is 3.09. The van der Waals surface area contributed by atoms with Crippen molar-refractivity contribution in [1.29, 1.82) is 5.26 Å². The van der Waals surface area contributed by atoms with Crippen molar-refractivity contribution >= 4 is 11.9 Å². The Hall–Kier alpha value is -1.57. The summed E-state index contributed by atoms with van der Waals surface area (Å²) < 4.78 is 10.8. The van der Waals surface area contributed by atoms with Crippen molar-refractivity contribution in [3.8, 4) is 6.07 Å². The molecule has 1 heterocycles. The lowest BCUT2D eigenvalue weighted by molar-refractivity contribution is -0.167. The second kappa shape index (κ2) is 4.46. The summed E-state index contributed by atoms with van der Waals surface area (Å²) in [6.45, 7) is 6.00. The molecular weight excluding hydrogens is 270 g/mol. The fraction of sp³-hybridized carbons (Fsp3) is 0.812. The predicted molar refractivity (Wildman–Crippen MR) is 72.7 cm³/mol. The van der Waals surface area contributed by atoms with Crippen LogP contribution in [-0.2, 0) is 19.1 Å². The number of hydrogen-bond donors (Lipinski definition) is 0. The van der Waals surface area contributed by atoms with Crippen molar-refractivity contribution in [2.75, 3.05) is 6.61 Å². The zero-order valence-electron chi connectivity index (χ0n) is 12.7. The Morgan fingerprint density at radius 2 is 2.19 bits per heavy atom. The standard InChI is InChI=1S/C16H21NO4/c1-4-15(2,3)13(18)21-12-6-9-5-10(12)16(8-17)11(9)7-20-14(16)19/h9-12H,4-7H2,1-3H3. The maximum absolute atomic E-state index is 12.3. The molecule has 5 nitrogen and oxygen atoms in total. The smallest absolute Gasteiger partial charge is 0.327 e. The molecule has 5 unspecified atom stereocenters. The van der Waals surface area contributed by atoms with Gasteiger partial charge in [-0.3, -0.25) is 9.59 Å². The molecule has 1 saturated heterocycles. The zero-order chi connectivity index (χ0) is 15.4. The maximum atomic E-state index is 12.3. The highest BCUT2D eigenvalue weighted by Crippen LogP contribution is 2.63. The van der Waals surface area contributed by atoms with Gasteiger partial charge >= 0.3 is 11.9 Å². The molecule has 3 rings (SSSR count). The van der Waals surface area contributed by atoms with Crippen molar-refractivity contribution in [3.63, 3.8) is 0 Å². The Labute approximate surface area is 124 Å². The Balaban J connectivity index is 1.82. The summed E-state index contributed by atoms with van der Waals surface area (Å²) in [6.07, 6.45) is 1.91. The lowest BCUT2D eigenvalue weighted by Crippen LogP contribution is -2.45. The van der Waals surface area contributed by atoms with E-state index >= 15 is 0 Å². The van der Waals surface area contributed by atoms with Crippen LogP contribution < -0.4 is 0 Å². The predicted octanol–water partition coefficient (Wildman–Crippen LogP) is 2.06. The molecular formula is C16H21NO4. The molecule has 2 saturated carbocycles. The van der Waals surface area contributed by atoms with E-state index in [9.17, 15) is 14.9 Å². The molecule has 0 N–H and O–H groups in total. The molecule has 0 spiro atoms. The van der Waals surface area contributed by atoms with E-state index in [2.05, 4.69) is 6.07 Å². The van der Waals surface area contributed by atoms with Gasteiger partial charge in [0.1, 0.15) is 6.10 Å². The molecule has 0 amide bonds. The normalized spacial score (nSPS) is 40.6. The second-order valence-electron chi connectivity index (χ2n) is 7.20. The number of nitrogens with zero attached hydrogens (tertiary/aromatic N) is 1. The fourth-order valence-electron chi connectivity index (χ4n) is 4.13. The molecule has 0 aromatic carbocycles. The van der Waals surface area contributed by atoms with Gasteiger partial charge in [-0.15, -0.1) is 0 Å². The summed E-state index contributed by atoms with van der Waals surface area (Å²) in [4.78, 5) is 24.4. The molecule has 0 radical (unpaired) electrons. The highest BCUT2D eigenvalue weighted by atomic mass is 16.6. The topological polar surface area (TPSA) is 76.4 Å². The van der Waals surface area contributed by atoms with Crippen LogP contribution in [0.2, 0.25) is 0 Å². The van der Waals surface area contributed by atoms with Gasteiger partial charge in [-0.25, -0.2) is 0 Å². The van der Waals surface area contributed by atoms with Crippen molar-refractivity contribution in [1.82, 2.24) is 0 Å². The highest BCUT2D eigenvalue weighted by molar-refractivity contribution is 5.84. The first-order valence-electron chi connectivity index (χ1n) is 7.66. The molecule has 5 heteroatoms. The summed E-state index contributed by atoms with van der Waals surface area (Å²) in [5.74, 6) is -0.626. The van der Waals surface area contributed by atoms with E-state index in [-0.39, 0.29) is 29.8 Å². The van der Waals surface area contributed by atoms with E-state index in [0.29, 0.717) is 13.0 Å². The van der Waals surface area contributed by atoms with Crippen LogP contribution in [0.5, 0.6) is 0 Å². The van der Waals surface area contributed by atoms with Crippen LogP contribution in [0.1, 0.15) is 40.0 Å². The van der Waals surface area contributed by atoms with Gasteiger partial charge in [-0.1, -0.05) is 6.92 Å². The largest absolute Gasteiger partial charge is 0.464 e. The first-order valence-corrected chi connectivity index (χ1v) is 7.66. The number of carbonyl (C=O) groups excluding carboxylic acids is 2. The van der Waals surface area contributed by atoms with Gasteiger partial charge in [0.15, 0.2) is 5.41 Å². The van der Waals surface area contributed by atoms with Gasteiger partial charge in [-0.05, 0) is 39.0 Å². The van der Waals surface area contributed by atoms with E-state index < -0.39 is 16.8 Å². The Bertz CT molecular complexity index is 535. The second-order valence-corrected chi connectivity index (χ2v) is 7.20. The van der Waals surface area contributed by atoms with E-state index in [1.807, 2.05) is 20.8 Å². The van der Waals surface area contributed by atoms with E-state index in [1.54, 1.807) is 0 Å². The zero-order valence-corrected chi connectivity index (χ0v) is 12.7. The quantitative estimate of drug-likeness (QED) is 0.744. The number of fused-ring (bicyclic) bond motifs is 5. The molecule has 3 aliphatic rings. The van der Waals surface area contributed by atoms with Crippen LogP contribution in [-0.4, -0.2) is 24.6 Å². The molecule has 114 valence electrons. The SMILES string of the molecule is CCC(C)(C)C(=O)OC1CC2CC1C1(C#N)C(=O)OCC21. The van der Waals surface area contributed by atoms with Crippen LogP contribution in [0.4, 0.5) is 0 Å².